The molecule has 1 aromatic heterocycles. The van der Waals surface area contributed by atoms with Gasteiger partial charge < -0.3 is 5.32 Å². The van der Waals surface area contributed by atoms with Crippen LogP contribution in [0.25, 0.3) is 11.3 Å². The first-order chi connectivity index (χ1) is 12.1. The smallest absolute Gasteiger partial charge is 0.224 e. The maximum atomic E-state index is 12.8. The molecule has 25 heavy (non-hydrogen) atoms. The Morgan fingerprint density at radius 1 is 1.08 bits per heavy atom. The third-order valence-electron chi connectivity index (χ3n) is 3.88. The normalized spacial score (nSPS) is 10.6. The number of rotatable bonds is 6. The van der Waals surface area contributed by atoms with Crippen molar-refractivity contribution in [2.45, 2.75) is 19.8 Å². The monoisotopic (exact) mass is 354 g/mol. The van der Waals surface area contributed by atoms with Gasteiger partial charge in [0.05, 0.1) is 17.1 Å². The molecule has 3 nitrogen and oxygen atoms in total. The fraction of sp³-hybridized carbons (Fsp3) is 0.200. The van der Waals surface area contributed by atoms with Crippen molar-refractivity contribution in [3.8, 4) is 11.3 Å². The fourth-order valence-electron chi connectivity index (χ4n) is 2.53. The molecule has 2 aromatic carbocycles. The Kier molecular flexibility index (Phi) is 5.56. The van der Waals surface area contributed by atoms with Crippen LogP contribution in [0.15, 0.2) is 53.9 Å². The number of carbonyl (C=O) groups excluding carboxylic acids is 1. The largest absolute Gasteiger partial charge is 0.355 e. The van der Waals surface area contributed by atoms with Gasteiger partial charge >= 0.3 is 0 Å². The summed E-state index contributed by atoms with van der Waals surface area (Å²) < 4.78 is 12.8. The van der Waals surface area contributed by atoms with Crippen molar-refractivity contribution in [2.75, 3.05) is 6.54 Å². The Balaban J connectivity index is 1.47. The minimum Gasteiger partial charge on any atom is -0.355 e. The first-order valence-electron chi connectivity index (χ1n) is 8.13. The molecule has 0 unspecified atom stereocenters. The predicted molar refractivity (Wildman–Crippen MR) is 99.1 cm³/mol. The number of aromatic nitrogens is 1. The number of halogens is 1. The zero-order chi connectivity index (χ0) is 17.6. The first kappa shape index (κ1) is 17.3. The maximum absolute atomic E-state index is 12.8. The summed E-state index contributed by atoms with van der Waals surface area (Å²) in [6.07, 6.45) is 1.04. The van der Waals surface area contributed by atoms with E-state index in [1.54, 1.807) is 23.5 Å². The molecule has 0 saturated carbocycles. The second-order valence-corrected chi connectivity index (χ2v) is 6.91. The van der Waals surface area contributed by atoms with Crippen molar-refractivity contribution in [1.29, 1.82) is 0 Å². The van der Waals surface area contributed by atoms with E-state index >= 15 is 0 Å². The summed E-state index contributed by atoms with van der Waals surface area (Å²) in [6.45, 7) is 2.58. The fourth-order valence-corrected chi connectivity index (χ4v) is 3.16. The average Bonchev–Trinajstić information content (AvgIpc) is 3.04. The summed E-state index contributed by atoms with van der Waals surface area (Å²) in [6, 6.07) is 14.3. The van der Waals surface area contributed by atoms with E-state index < -0.39 is 0 Å². The van der Waals surface area contributed by atoms with Crippen LogP contribution in [0.1, 0.15) is 16.1 Å². The maximum Gasteiger partial charge on any atom is 0.224 e. The molecule has 0 bridgehead atoms. The molecule has 1 amide bonds. The van der Waals surface area contributed by atoms with Crippen molar-refractivity contribution in [2.24, 2.45) is 0 Å². The molecule has 0 radical (unpaired) electrons. The second-order valence-electron chi connectivity index (χ2n) is 5.85. The predicted octanol–water partition coefficient (Wildman–Crippen LogP) is 4.16. The lowest BCUT2D eigenvalue weighted by Crippen LogP contribution is -2.27. The number of aryl methyl sites for hydroxylation is 1. The van der Waals surface area contributed by atoms with Crippen molar-refractivity contribution in [1.82, 2.24) is 10.3 Å². The van der Waals surface area contributed by atoms with Crippen LogP contribution in [-0.4, -0.2) is 17.4 Å². The molecule has 0 atom stereocenters. The van der Waals surface area contributed by atoms with E-state index in [4.69, 9.17) is 0 Å². The number of nitrogens with zero attached hydrogens (tertiary/aromatic N) is 1. The van der Waals surface area contributed by atoms with Crippen molar-refractivity contribution in [3.63, 3.8) is 0 Å². The summed E-state index contributed by atoms with van der Waals surface area (Å²) in [7, 11) is 0. The highest BCUT2D eigenvalue weighted by Crippen LogP contribution is 2.21. The van der Waals surface area contributed by atoms with Gasteiger partial charge in [0.25, 0.3) is 0 Å². The van der Waals surface area contributed by atoms with Crippen molar-refractivity contribution in [3.05, 3.63) is 75.9 Å². The lowest BCUT2D eigenvalue weighted by atomic mass is 10.1. The van der Waals surface area contributed by atoms with Crippen LogP contribution in [0.2, 0.25) is 0 Å². The average molecular weight is 354 g/mol. The summed E-state index contributed by atoms with van der Waals surface area (Å²) in [4.78, 5) is 16.4. The molecule has 128 valence electrons. The van der Waals surface area contributed by atoms with Crippen LogP contribution >= 0.6 is 11.3 Å². The van der Waals surface area contributed by atoms with E-state index in [0.29, 0.717) is 6.54 Å². The van der Waals surface area contributed by atoms with Gasteiger partial charge in [-0.1, -0.05) is 36.4 Å². The van der Waals surface area contributed by atoms with E-state index in [9.17, 15) is 9.18 Å². The topological polar surface area (TPSA) is 42.0 Å². The molecule has 5 heteroatoms. The molecule has 0 aliphatic carbocycles. The van der Waals surface area contributed by atoms with Crippen LogP contribution in [-0.2, 0) is 17.6 Å². The summed E-state index contributed by atoms with van der Waals surface area (Å²) in [5.41, 5.74) is 4.08. The minimum absolute atomic E-state index is 0.0545. The number of hydrogen-bond donors (Lipinski definition) is 1. The third-order valence-corrected chi connectivity index (χ3v) is 4.66. The molecular formula is C20H19FN2OS. The van der Waals surface area contributed by atoms with Crippen LogP contribution in [0.3, 0.4) is 0 Å². The Morgan fingerprint density at radius 2 is 1.76 bits per heavy atom. The highest BCUT2D eigenvalue weighted by atomic mass is 32.1. The molecule has 3 aromatic rings. The van der Waals surface area contributed by atoms with E-state index in [0.717, 1.165) is 33.8 Å². The van der Waals surface area contributed by atoms with Gasteiger partial charge in [-0.15, -0.1) is 11.3 Å². The lowest BCUT2D eigenvalue weighted by molar-refractivity contribution is -0.120. The highest BCUT2D eigenvalue weighted by Gasteiger charge is 2.05. The Hall–Kier alpha value is -2.53. The molecule has 0 saturated heterocycles. The van der Waals surface area contributed by atoms with Gasteiger partial charge in [0, 0.05) is 17.5 Å². The summed E-state index contributed by atoms with van der Waals surface area (Å²) >= 11 is 1.64. The van der Waals surface area contributed by atoms with E-state index in [2.05, 4.69) is 39.9 Å². The van der Waals surface area contributed by atoms with Gasteiger partial charge in [-0.05, 0) is 36.6 Å². The molecule has 1 N–H and O–H groups in total. The number of benzene rings is 2. The lowest BCUT2D eigenvalue weighted by Gasteiger charge is -2.06. The van der Waals surface area contributed by atoms with E-state index in [-0.39, 0.29) is 18.1 Å². The van der Waals surface area contributed by atoms with Crippen LogP contribution < -0.4 is 5.32 Å². The van der Waals surface area contributed by atoms with Gasteiger partial charge in [0.2, 0.25) is 5.91 Å². The van der Waals surface area contributed by atoms with Crippen LogP contribution in [0.5, 0.6) is 0 Å². The standard InChI is InChI=1S/C20H19FN2OS/c1-14-23-19(13-25-14)17-6-2-15(3-7-17)10-11-22-20(24)12-16-4-8-18(21)9-5-16/h2-9,13H,10-12H2,1H3,(H,22,24). The molecule has 1 heterocycles. The molecular weight excluding hydrogens is 335 g/mol. The summed E-state index contributed by atoms with van der Waals surface area (Å²) in [5, 5.41) is 6.01. The van der Waals surface area contributed by atoms with Crippen LogP contribution in [0, 0.1) is 12.7 Å². The van der Waals surface area contributed by atoms with Crippen molar-refractivity contribution < 1.29 is 9.18 Å². The molecule has 0 fully saturated rings. The van der Waals surface area contributed by atoms with Gasteiger partial charge in [0.15, 0.2) is 0 Å². The van der Waals surface area contributed by atoms with E-state index in [1.165, 1.54) is 12.1 Å². The van der Waals surface area contributed by atoms with Crippen LogP contribution in [0.4, 0.5) is 4.39 Å². The third kappa shape index (κ3) is 4.97. The zero-order valence-electron chi connectivity index (χ0n) is 14.0. The molecule has 3 rings (SSSR count). The van der Waals surface area contributed by atoms with Gasteiger partial charge in [0.1, 0.15) is 5.82 Å². The van der Waals surface area contributed by atoms with Gasteiger partial charge in [-0.3, -0.25) is 4.79 Å². The molecule has 0 spiro atoms. The quantitative estimate of drug-likeness (QED) is 0.722. The Bertz CT molecular complexity index is 841. The zero-order valence-corrected chi connectivity index (χ0v) is 14.8. The van der Waals surface area contributed by atoms with Crippen molar-refractivity contribution >= 4 is 17.2 Å². The van der Waals surface area contributed by atoms with E-state index in [1.807, 2.05) is 6.92 Å². The Labute approximate surface area is 150 Å². The number of amides is 1. The Morgan fingerprint density at radius 3 is 2.40 bits per heavy atom. The SMILES string of the molecule is Cc1nc(-c2ccc(CCNC(=O)Cc3ccc(F)cc3)cc2)cs1. The summed E-state index contributed by atoms with van der Waals surface area (Å²) in [5.74, 6) is -0.346. The number of carbonyl (C=O) groups is 1. The minimum atomic E-state index is -0.291. The first-order valence-corrected chi connectivity index (χ1v) is 9.01. The number of thiazole rings is 1. The van der Waals surface area contributed by atoms with Gasteiger partial charge in [-0.2, -0.15) is 0 Å². The molecule has 0 aliphatic rings. The second kappa shape index (κ2) is 8.03. The molecule has 0 aliphatic heterocycles. The number of hydrogen-bond acceptors (Lipinski definition) is 3. The highest BCUT2D eigenvalue weighted by molar-refractivity contribution is 7.09. The van der Waals surface area contributed by atoms with Gasteiger partial charge in [-0.25, -0.2) is 9.37 Å². The number of nitrogens with one attached hydrogen (secondary N) is 1.